The van der Waals surface area contributed by atoms with E-state index in [-0.39, 0.29) is 10.6 Å². The van der Waals surface area contributed by atoms with Crippen LogP contribution < -0.4 is 9.99 Å². The van der Waals surface area contributed by atoms with Crippen LogP contribution in [0, 0.1) is 6.92 Å². The molecule has 3 aromatic carbocycles. The molecule has 0 radical (unpaired) electrons. The molecule has 232 valence electrons. The molecule has 13 heteroatoms. The third-order valence-electron chi connectivity index (χ3n) is 7.28. The van der Waals surface area contributed by atoms with Crippen molar-refractivity contribution in [2.75, 3.05) is 17.1 Å². The summed E-state index contributed by atoms with van der Waals surface area (Å²) in [5.74, 6) is 0. The van der Waals surface area contributed by atoms with Crippen LogP contribution in [0.1, 0.15) is 12.5 Å². The van der Waals surface area contributed by atoms with Crippen molar-refractivity contribution in [2.45, 2.75) is 18.7 Å². The largest absolute Gasteiger partial charge is 0.333 e. The number of aromatic nitrogens is 4. The molecule has 6 aromatic rings. The SMILES string of the molecule is CCN(c1ccc(-n2c(=O)n(C)c3cnc4ccc(-c5cccnc5)cc4c32)cc1)S(C)(=O)=O.Cc1ccc(S(=O)(=O)O)cc1. The van der Waals surface area contributed by atoms with E-state index < -0.39 is 20.1 Å². The molecule has 0 saturated heterocycles. The molecule has 0 spiro atoms. The fourth-order valence-electron chi connectivity index (χ4n) is 5.04. The van der Waals surface area contributed by atoms with Gasteiger partial charge in [-0.3, -0.25) is 28.0 Å². The summed E-state index contributed by atoms with van der Waals surface area (Å²) in [6.07, 6.45) is 6.41. The van der Waals surface area contributed by atoms with Gasteiger partial charge in [0.15, 0.2) is 0 Å². The van der Waals surface area contributed by atoms with Crippen LogP contribution in [-0.4, -0.2) is 53.3 Å². The van der Waals surface area contributed by atoms with Gasteiger partial charge in [-0.2, -0.15) is 8.42 Å². The van der Waals surface area contributed by atoms with Gasteiger partial charge in [0.25, 0.3) is 10.1 Å². The van der Waals surface area contributed by atoms with Crippen molar-refractivity contribution in [1.29, 1.82) is 0 Å². The van der Waals surface area contributed by atoms with Crippen molar-refractivity contribution in [3.05, 3.63) is 114 Å². The van der Waals surface area contributed by atoms with E-state index in [1.807, 2.05) is 37.3 Å². The van der Waals surface area contributed by atoms with Gasteiger partial charge in [0.1, 0.15) is 0 Å². The van der Waals surface area contributed by atoms with Crippen LogP contribution in [0.2, 0.25) is 0 Å². The fraction of sp³-hybridized carbons (Fsp3) is 0.156. The number of aryl methyl sites for hydroxylation is 2. The van der Waals surface area contributed by atoms with Gasteiger partial charge < -0.3 is 0 Å². The first kappa shape index (κ1) is 31.6. The molecule has 0 atom stereocenters. The van der Waals surface area contributed by atoms with Crippen molar-refractivity contribution < 1.29 is 21.4 Å². The van der Waals surface area contributed by atoms with E-state index in [2.05, 4.69) is 9.97 Å². The second-order valence-corrected chi connectivity index (χ2v) is 13.7. The molecule has 45 heavy (non-hydrogen) atoms. The summed E-state index contributed by atoms with van der Waals surface area (Å²) >= 11 is 0. The third kappa shape index (κ3) is 6.50. The van der Waals surface area contributed by atoms with Gasteiger partial charge in [0, 0.05) is 36.9 Å². The number of benzene rings is 3. The van der Waals surface area contributed by atoms with E-state index in [0.29, 0.717) is 23.4 Å². The summed E-state index contributed by atoms with van der Waals surface area (Å²) in [7, 11) is -5.70. The maximum absolute atomic E-state index is 13.3. The van der Waals surface area contributed by atoms with E-state index in [1.54, 1.807) is 78.1 Å². The number of rotatable bonds is 6. The minimum atomic E-state index is -4.02. The van der Waals surface area contributed by atoms with Gasteiger partial charge in [0.2, 0.25) is 10.0 Å². The predicted octanol–water partition coefficient (Wildman–Crippen LogP) is 4.97. The Morgan fingerprint density at radius 1 is 0.889 bits per heavy atom. The molecule has 0 aliphatic rings. The zero-order valence-corrected chi connectivity index (χ0v) is 26.6. The second-order valence-electron chi connectivity index (χ2n) is 10.4. The summed E-state index contributed by atoms with van der Waals surface area (Å²) in [5.41, 5.74) is 6.09. The Morgan fingerprint density at radius 2 is 1.58 bits per heavy atom. The third-order valence-corrected chi connectivity index (χ3v) is 9.42. The van der Waals surface area contributed by atoms with Crippen LogP contribution in [0.4, 0.5) is 5.69 Å². The Morgan fingerprint density at radius 3 is 2.16 bits per heavy atom. The first-order valence-electron chi connectivity index (χ1n) is 13.8. The summed E-state index contributed by atoms with van der Waals surface area (Å²) < 4.78 is 58.3. The van der Waals surface area contributed by atoms with E-state index in [9.17, 15) is 21.6 Å². The number of pyridine rings is 2. The van der Waals surface area contributed by atoms with Crippen LogP contribution in [0.15, 0.2) is 107 Å². The Bertz CT molecular complexity index is 2280. The predicted molar refractivity (Wildman–Crippen MR) is 176 cm³/mol. The summed E-state index contributed by atoms with van der Waals surface area (Å²) in [5, 5.41) is 0.840. The van der Waals surface area contributed by atoms with E-state index >= 15 is 0 Å². The molecular weight excluding hydrogens is 615 g/mol. The quantitative estimate of drug-likeness (QED) is 0.250. The van der Waals surface area contributed by atoms with Crippen LogP contribution in [0.5, 0.6) is 0 Å². The van der Waals surface area contributed by atoms with Gasteiger partial charge in [-0.05, 0) is 74.0 Å². The monoisotopic (exact) mass is 645 g/mol. The lowest BCUT2D eigenvalue weighted by molar-refractivity contribution is 0.483. The molecule has 3 heterocycles. The minimum Gasteiger partial charge on any atom is -0.293 e. The molecule has 0 bridgehead atoms. The highest BCUT2D eigenvalue weighted by atomic mass is 32.2. The standard InChI is InChI=1S/C25H23N5O3S.C7H8O3S/c1-4-29(34(3,32)33)19-8-10-20(11-9-19)30-24-21-14-17(18-6-5-13-26-15-18)7-12-22(21)27-16-23(24)28(2)25(30)31;1-6-2-4-7(5-3-6)11(8,9)10/h5-16H,4H2,1-3H3;2-5H,1H3,(H,8,9,10). The smallest absolute Gasteiger partial charge is 0.293 e. The molecule has 6 rings (SSSR count). The average Bonchev–Trinajstić information content (AvgIpc) is 3.27. The lowest BCUT2D eigenvalue weighted by Gasteiger charge is -2.20. The molecule has 0 fully saturated rings. The van der Waals surface area contributed by atoms with Gasteiger partial charge in [-0.15, -0.1) is 0 Å². The number of anilines is 1. The highest BCUT2D eigenvalue weighted by Gasteiger charge is 2.19. The fourth-order valence-corrected chi connectivity index (χ4v) is 6.49. The lowest BCUT2D eigenvalue weighted by atomic mass is 10.0. The molecule has 0 aliphatic carbocycles. The lowest BCUT2D eigenvalue weighted by Crippen LogP contribution is -2.29. The zero-order chi connectivity index (χ0) is 32.5. The molecule has 3 aromatic heterocycles. The van der Waals surface area contributed by atoms with Crippen molar-refractivity contribution in [1.82, 2.24) is 19.1 Å². The van der Waals surface area contributed by atoms with Crippen molar-refractivity contribution in [3.8, 4) is 16.8 Å². The first-order chi connectivity index (χ1) is 21.3. The normalized spacial score (nSPS) is 11.8. The van der Waals surface area contributed by atoms with Gasteiger partial charge in [-0.1, -0.05) is 29.8 Å². The Labute approximate surface area is 260 Å². The van der Waals surface area contributed by atoms with Crippen LogP contribution >= 0.6 is 0 Å². The number of fused-ring (bicyclic) bond motifs is 3. The average molecular weight is 646 g/mol. The van der Waals surface area contributed by atoms with Crippen LogP contribution in [0.3, 0.4) is 0 Å². The molecule has 0 aliphatic heterocycles. The van der Waals surface area contributed by atoms with Crippen LogP contribution in [-0.2, 0) is 27.2 Å². The maximum atomic E-state index is 13.3. The Balaban J connectivity index is 0.000000309. The number of nitrogens with zero attached hydrogens (tertiary/aromatic N) is 5. The number of imidazole rings is 1. The van der Waals surface area contributed by atoms with Crippen molar-refractivity contribution in [2.24, 2.45) is 7.05 Å². The molecule has 1 N–H and O–H groups in total. The number of sulfonamides is 1. The van der Waals surface area contributed by atoms with E-state index in [4.69, 9.17) is 4.55 Å². The van der Waals surface area contributed by atoms with E-state index in [1.165, 1.54) is 22.7 Å². The molecule has 0 saturated carbocycles. The Hall–Kier alpha value is -4.85. The molecule has 0 amide bonds. The second kappa shape index (κ2) is 12.3. The number of hydrogen-bond acceptors (Lipinski definition) is 7. The Kier molecular flexibility index (Phi) is 8.61. The number of hydrogen-bond donors (Lipinski definition) is 1. The van der Waals surface area contributed by atoms with Crippen LogP contribution in [0.25, 0.3) is 38.8 Å². The first-order valence-corrected chi connectivity index (χ1v) is 17.1. The highest BCUT2D eigenvalue weighted by molar-refractivity contribution is 7.92. The van der Waals surface area contributed by atoms with Gasteiger partial charge in [0.05, 0.1) is 45.3 Å². The summed E-state index contributed by atoms with van der Waals surface area (Å²) in [6.45, 7) is 3.94. The molecule has 11 nitrogen and oxygen atoms in total. The van der Waals surface area contributed by atoms with Crippen molar-refractivity contribution in [3.63, 3.8) is 0 Å². The maximum Gasteiger partial charge on any atom is 0.333 e. The van der Waals surface area contributed by atoms with Crippen molar-refractivity contribution >= 4 is 47.8 Å². The van der Waals surface area contributed by atoms with E-state index in [0.717, 1.165) is 33.1 Å². The highest BCUT2D eigenvalue weighted by Crippen LogP contribution is 2.30. The molecular formula is C32H31N5O6S2. The zero-order valence-electron chi connectivity index (χ0n) is 25.0. The van der Waals surface area contributed by atoms with Gasteiger partial charge >= 0.3 is 5.69 Å². The van der Waals surface area contributed by atoms with Gasteiger partial charge in [-0.25, -0.2) is 13.2 Å². The summed E-state index contributed by atoms with van der Waals surface area (Å²) in [4.78, 5) is 22.0. The summed E-state index contributed by atoms with van der Waals surface area (Å²) in [6, 6.07) is 22.8. The minimum absolute atomic E-state index is 0.0666. The topological polar surface area (TPSA) is 144 Å². The molecule has 0 unspecified atom stereocenters.